The van der Waals surface area contributed by atoms with Crippen LogP contribution < -0.4 is 10.6 Å². The van der Waals surface area contributed by atoms with Gasteiger partial charge in [-0.3, -0.25) is 19.3 Å². The number of rotatable bonds is 7. The number of nitrogens with one attached hydrogen (secondary N) is 3. The third-order valence-corrected chi connectivity index (χ3v) is 4.37. The molecule has 2 aromatic heterocycles. The Morgan fingerprint density at radius 3 is 2.81 bits per heavy atom. The molecule has 32 heavy (non-hydrogen) atoms. The molecule has 11 nitrogen and oxygen atoms in total. The minimum Gasteiger partial charge on any atom is -0.444 e. The first-order chi connectivity index (χ1) is 15.0. The first-order valence-electron chi connectivity index (χ1n) is 9.69. The lowest BCUT2D eigenvalue weighted by molar-refractivity contribution is -0.330. The smallest absolute Gasteiger partial charge is 0.444 e. The molecule has 0 spiro atoms. The molecule has 2 atom stereocenters. The largest absolute Gasteiger partial charge is 0.522 e. The number of hydrogen-bond acceptors (Lipinski definition) is 7. The van der Waals surface area contributed by atoms with E-state index in [4.69, 9.17) is 9.47 Å². The fourth-order valence-corrected chi connectivity index (χ4v) is 3.03. The maximum absolute atomic E-state index is 12.5. The highest BCUT2D eigenvalue weighted by Crippen LogP contribution is 2.30. The van der Waals surface area contributed by atoms with Crippen molar-refractivity contribution >= 4 is 17.8 Å². The number of nitrogens with zero attached hydrogens (tertiary/aromatic N) is 3. The molecule has 3 N–H and O–H groups in total. The average molecular weight is 460 g/mol. The van der Waals surface area contributed by atoms with E-state index >= 15 is 0 Å². The molecular weight excluding hydrogens is 437 g/mol. The highest BCUT2D eigenvalue weighted by molar-refractivity contribution is 6.02. The van der Waals surface area contributed by atoms with Gasteiger partial charge in [0.25, 0.3) is 5.91 Å². The van der Waals surface area contributed by atoms with Gasteiger partial charge in [-0.25, -0.2) is 4.79 Å². The first-order valence-corrected chi connectivity index (χ1v) is 9.69. The highest BCUT2D eigenvalue weighted by Gasteiger charge is 2.32. The number of H-pyrrole nitrogens is 1. The summed E-state index contributed by atoms with van der Waals surface area (Å²) in [5.74, 6) is -0.431. The Kier molecular flexibility index (Phi) is 7.03. The number of aromatic nitrogens is 4. The Morgan fingerprint density at radius 1 is 1.38 bits per heavy atom. The van der Waals surface area contributed by atoms with Crippen molar-refractivity contribution in [1.29, 1.82) is 0 Å². The van der Waals surface area contributed by atoms with Crippen molar-refractivity contribution in [1.82, 2.24) is 25.3 Å². The number of alkyl halides is 3. The molecule has 1 fully saturated rings. The van der Waals surface area contributed by atoms with Crippen LogP contribution in [-0.2, 0) is 27.9 Å². The van der Waals surface area contributed by atoms with E-state index in [1.165, 1.54) is 13.1 Å². The van der Waals surface area contributed by atoms with E-state index in [0.29, 0.717) is 12.1 Å². The second-order valence-electron chi connectivity index (χ2n) is 7.43. The summed E-state index contributed by atoms with van der Waals surface area (Å²) in [6, 6.07) is 2.70. The summed E-state index contributed by atoms with van der Waals surface area (Å²) in [5.41, 5.74) is 0.543. The summed E-state index contributed by atoms with van der Waals surface area (Å²) in [6.45, 7) is 3.04. The number of ether oxygens (including phenoxy) is 3. The van der Waals surface area contributed by atoms with Gasteiger partial charge in [0.2, 0.25) is 0 Å². The summed E-state index contributed by atoms with van der Waals surface area (Å²) in [7, 11) is 1.42. The summed E-state index contributed by atoms with van der Waals surface area (Å²) in [4.78, 5) is 24.2. The van der Waals surface area contributed by atoms with Crippen molar-refractivity contribution in [3.05, 3.63) is 29.2 Å². The number of aromatic amines is 1. The zero-order chi connectivity index (χ0) is 23.5. The Labute approximate surface area is 180 Å². The number of amides is 2. The lowest BCUT2D eigenvalue weighted by Crippen LogP contribution is -2.33. The highest BCUT2D eigenvalue weighted by atomic mass is 19.4. The minimum atomic E-state index is -4.80. The monoisotopic (exact) mass is 460 g/mol. The van der Waals surface area contributed by atoms with Crippen LogP contribution in [0, 0.1) is 0 Å². The Balaban J connectivity index is 1.55. The molecule has 0 aliphatic carbocycles. The normalized spacial score (nSPS) is 18.7. The Hall–Kier alpha value is -3.13. The van der Waals surface area contributed by atoms with Crippen molar-refractivity contribution < 1.29 is 37.0 Å². The molecule has 176 valence electrons. The van der Waals surface area contributed by atoms with Crippen molar-refractivity contribution in [2.75, 3.05) is 11.9 Å². The van der Waals surface area contributed by atoms with Gasteiger partial charge >= 0.3 is 12.5 Å². The van der Waals surface area contributed by atoms with Gasteiger partial charge in [-0.2, -0.15) is 10.2 Å². The SMILES string of the molecule is CC(C)NC(=O)O[C@H]1CO[C@@H](c2cc(NC(=O)c3cc(COC(F)(F)F)nn3C)n[nH]2)C1. The molecule has 14 heteroatoms. The molecule has 0 radical (unpaired) electrons. The van der Waals surface area contributed by atoms with Crippen LogP contribution >= 0.6 is 0 Å². The molecule has 0 unspecified atom stereocenters. The molecule has 1 saturated heterocycles. The maximum atomic E-state index is 12.5. The minimum absolute atomic E-state index is 0.0251. The van der Waals surface area contributed by atoms with Crippen molar-refractivity contribution in [3.8, 4) is 0 Å². The van der Waals surface area contributed by atoms with Crippen LogP contribution in [0.4, 0.5) is 23.8 Å². The second kappa shape index (κ2) is 9.56. The van der Waals surface area contributed by atoms with Crippen LogP contribution in [0.5, 0.6) is 0 Å². The molecule has 0 bridgehead atoms. The van der Waals surface area contributed by atoms with Crippen LogP contribution in [0.25, 0.3) is 0 Å². The molecular formula is C18H23F3N6O5. The Bertz CT molecular complexity index is 957. The first kappa shape index (κ1) is 23.5. The number of aryl methyl sites for hydroxylation is 1. The van der Waals surface area contributed by atoms with Crippen molar-refractivity contribution in [3.63, 3.8) is 0 Å². The van der Waals surface area contributed by atoms with E-state index in [0.717, 1.165) is 4.68 Å². The van der Waals surface area contributed by atoms with Gasteiger partial charge in [0.05, 0.1) is 18.0 Å². The third-order valence-electron chi connectivity index (χ3n) is 4.37. The standard InChI is InChI=1S/C18H23F3N6O5/c1-9(2)22-17(29)32-11-5-14(30-8-11)12-6-15(25-24-12)23-16(28)13-4-10(26-27(13)3)7-31-18(19,20)21/h4,6,9,11,14H,5,7-8H2,1-3H3,(H,22,29)(H2,23,24,25,28)/t11-,14-/m1/s1. The van der Waals surface area contributed by atoms with E-state index in [9.17, 15) is 22.8 Å². The van der Waals surface area contributed by atoms with Gasteiger partial charge in [-0.1, -0.05) is 0 Å². The number of carbonyl (C=O) groups excluding carboxylic acids is 2. The lowest BCUT2D eigenvalue weighted by Gasteiger charge is -2.13. The molecule has 3 rings (SSSR count). The van der Waals surface area contributed by atoms with E-state index < -0.39 is 37.2 Å². The van der Waals surface area contributed by atoms with Gasteiger partial charge in [-0.05, 0) is 19.9 Å². The average Bonchev–Trinajstić information content (AvgIpc) is 3.38. The molecule has 3 heterocycles. The second-order valence-corrected chi connectivity index (χ2v) is 7.43. The van der Waals surface area contributed by atoms with Gasteiger partial charge < -0.3 is 20.1 Å². The molecule has 1 aliphatic heterocycles. The van der Waals surface area contributed by atoms with E-state index in [-0.39, 0.29) is 29.9 Å². The number of hydrogen-bond donors (Lipinski definition) is 3. The zero-order valence-corrected chi connectivity index (χ0v) is 17.5. The summed E-state index contributed by atoms with van der Waals surface area (Å²) in [5, 5.41) is 15.8. The fraction of sp³-hybridized carbons (Fsp3) is 0.556. The van der Waals surface area contributed by atoms with Gasteiger partial charge in [0, 0.05) is 25.6 Å². The lowest BCUT2D eigenvalue weighted by atomic mass is 10.1. The van der Waals surface area contributed by atoms with Gasteiger partial charge in [-0.15, -0.1) is 13.2 Å². The predicted octanol–water partition coefficient (Wildman–Crippen LogP) is 2.40. The Morgan fingerprint density at radius 2 is 2.12 bits per heavy atom. The number of anilines is 1. The summed E-state index contributed by atoms with van der Waals surface area (Å²) >= 11 is 0. The van der Waals surface area contributed by atoms with Crippen LogP contribution in [-0.4, -0.2) is 57.1 Å². The maximum Gasteiger partial charge on any atom is 0.522 e. The van der Waals surface area contributed by atoms with E-state index in [2.05, 4.69) is 30.7 Å². The summed E-state index contributed by atoms with van der Waals surface area (Å²) in [6.07, 6.45) is -5.75. The molecule has 2 aromatic rings. The molecule has 0 saturated carbocycles. The summed E-state index contributed by atoms with van der Waals surface area (Å²) < 4.78 is 52.3. The van der Waals surface area contributed by atoms with Crippen LogP contribution in [0.1, 0.15) is 48.2 Å². The van der Waals surface area contributed by atoms with Crippen LogP contribution in [0.3, 0.4) is 0 Å². The predicted molar refractivity (Wildman–Crippen MR) is 102 cm³/mol. The molecule has 0 aromatic carbocycles. The zero-order valence-electron chi connectivity index (χ0n) is 17.5. The third kappa shape index (κ3) is 6.43. The van der Waals surface area contributed by atoms with Gasteiger partial charge in [0.15, 0.2) is 5.82 Å². The van der Waals surface area contributed by atoms with E-state index in [1.807, 2.05) is 13.8 Å². The van der Waals surface area contributed by atoms with E-state index in [1.54, 1.807) is 6.07 Å². The quantitative estimate of drug-likeness (QED) is 0.578. The van der Waals surface area contributed by atoms with Crippen molar-refractivity contribution in [2.45, 2.75) is 51.5 Å². The fourth-order valence-electron chi connectivity index (χ4n) is 3.03. The number of carbonyl (C=O) groups is 2. The molecule has 2 amide bonds. The molecule has 1 aliphatic rings. The number of halogens is 3. The van der Waals surface area contributed by atoms with Crippen LogP contribution in [0.2, 0.25) is 0 Å². The number of alkyl carbamates (subject to hydrolysis) is 1. The van der Waals surface area contributed by atoms with Crippen LogP contribution in [0.15, 0.2) is 12.1 Å². The van der Waals surface area contributed by atoms with Gasteiger partial charge in [0.1, 0.15) is 24.5 Å². The topological polar surface area (TPSA) is 132 Å². The van der Waals surface area contributed by atoms with Crippen molar-refractivity contribution in [2.24, 2.45) is 7.05 Å².